The Hall–Kier alpha value is -3.22. The van der Waals surface area contributed by atoms with E-state index in [1.54, 1.807) is 29.4 Å². The Kier molecular flexibility index (Phi) is 3.68. The van der Waals surface area contributed by atoms with Crippen LogP contribution in [0, 0.1) is 0 Å². The monoisotopic (exact) mass is 336 g/mol. The maximum Gasteiger partial charge on any atom is 0.437 e. The molecular formula is C18H16N4O3. The minimum absolute atomic E-state index is 0.0483. The Morgan fingerprint density at radius 1 is 1.24 bits per heavy atom. The lowest BCUT2D eigenvalue weighted by Gasteiger charge is -2.22. The normalized spacial score (nSPS) is 16.0. The zero-order valence-corrected chi connectivity index (χ0v) is 13.6. The molecule has 7 heteroatoms. The molecule has 4 rings (SSSR count). The van der Waals surface area contributed by atoms with Crippen molar-refractivity contribution in [2.45, 2.75) is 25.9 Å². The van der Waals surface area contributed by atoms with Crippen molar-refractivity contribution >= 4 is 11.6 Å². The van der Waals surface area contributed by atoms with E-state index in [1.807, 2.05) is 31.2 Å². The van der Waals surface area contributed by atoms with Gasteiger partial charge in [-0.25, -0.2) is 4.79 Å². The lowest BCUT2D eigenvalue weighted by atomic mass is 10.1. The number of aromatic nitrogens is 3. The van der Waals surface area contributed by atoms with Crippen molar-refractivity contribution in [3.63, 3.8) is 0 Å². The van der Waals surface area contributed by atoms with Gasteiger partial charge in [-0.15, -0.1) is 5.10 Å². The minimum Gasteiger partial charge on any atom is -0.388 e. The molecule has 126 valence electrons. The van der Waals surface area contributed by atoms with Crippen LogP contribution in [0.5, 0.6) is 0 Å². The molecule has 1 aliphatic heterocycles. The number of pyridine rings is 1. The van der Waals surface area contributed by atoms with Gasteiger partial charge in [-0.1, -0.05) is 18.2 Å². The van der Waals surface area contributed by atoms with E-state index in [0.29, 0.717) is 5.56 Å². The second-order valence-electron chi connectivity index (χ2n) is 6.01. The van der Waals surface area contributed by atoms with Crippen molar-refractivity contribution in [2.24, 2.45) is 0 Å². The molecule has 0 saturated heterocycles. The second kappa shape index (κ2) is 6.01. The van der Waals surface area contributed by atoms with Gasteiger partial charge in [-0.2, -0.15) is 4.68 Å². The highest BCUT2D eigenvalue weighted by atomic mass is 16.4. The average molecular weight is 336 g/mol. The SMILES string of the molecule is C[C@@H]1Cc2ccccc2N1C(=O)Cn1nc(-c2ccncc2)oc1=O. The fraction of sp³-hybridized carbons (Fsp3) is 0.222. The number of carbonyl (C=O) groups is 1. The quantitative estimate of drug-likeness (QED) is 0.729. The molecule has 0 saturated carbocycles. The van der Waals surface area contributed by atoms with E-state index in [9.17, 15) is 9.59 Å². The number of para-hydroxylation sites is 1. The summed E-state index contributed by atoms with van der Waals surface area (Å²) in [6, 6.07) is 11.2. The molecule has 1 atom stereocenters. The van der Waals surface area contributed by atoms with Crippen LogP contribution in [-0.2, 0) is 17.8 Å². The van der Waals surface area contributed by atoms with Gasteiger partial charge < -0.3 is 9.32 Å². The standard InChI is InChI=1S/C18H16N4O3/c1-12-10-14-4-2-3-5-15(14)22(12)16(23)11-21-18(24)25-17(20-21)13-6-8-19-9-7-13/h2-9,12H,10-11H2,1H3/t12-/m1/s1. The summed E-state index contributed by atoms with van der Waals surface area (Å²) in [5, 5.41) is 4.13. The summed E-state index contributed by atoms with van der Waals surface area (Å²) < 4.78 is 6.22. The topological polar surface area (TPSA) is 81.2 Å². The van der Waals surface area contributed by atoms with E-state index in [2.05, 4.69) is 10.1 Å². The molecule has 1 aromatic carbocycles. The van der Waals surface area contributed by atoms with Crippen LogP contribution < -0.4 is 10.7 Å². The minimum atomic E-state index is -0.653. The molecular weight excluding hydrogens is 320 g/mol. The van der Waals surface area contributed by atoms with Gasteiger partial charge in [0, 0.05) is 29.7 Å². The van der Waals surface area contributed by atoms with E-state index in [0.717, 1.165) is 22.4 Å². The Morgan fingerprint density at radius 2 is 2.00 bits per heavy atom. The number of nitrogens with zero attached hydrogens (tertiary/aromatic N) is 4. The first-order valence-corrected chi connectivity index (χ1v) is 8.02. The smallest absolute Gasteiger partial charge is 0.388 e. The van der Waals surface area contributed by atoms with E-state index in [-0.39, 0.29) is 24.4 Å². The number of fused-ring (bicyclic) bond motifs is 1. The molecule has 0 fully saturated rings. The highest BCUT2D eigenvalue weighted by molar-refractivity contribution is 5.96. The van der Waals surface area contributed by atoms with E-state index < -0.39 is 5.76 Å². The fourth-order valence-electron chi connectivity index (χ4n) is 3.17. The van der Waals surface area contributed by atoms with Crippen LogP contribution in [-0.4, -0.2) is 26.7 Å². The molecule has 0 radical (unpaired) electrons. The van der Waals surface area contributed by atoms with Crippen LogP contribution in [0.15, 0.2) is 58.0 Å². The first-order valence-electron chi connectivity index (χ1n) is 8.02. The van der Waals surface area contributed by atoms with Gasteiger partial charge in [0.05, 0.1) is 0 Å². The van der Waals surface area contributed by atoms with Gasteiger partial charge in [0.25, 0.3) is 0 Å². The second-order valence-corrected chi connectivity index (χ2v) is 6.01. The van der Waals surface area contributed by atoms with Gasteiger partial charge in [0.1, 0.15) is 6.54 Å². The van der Waals surface area contributed by atoms with Gasteiger partial charge in [-0.3, -0.25) is 9.78 Å². The Labute approximate surface area is 143 Å². The largest absolute Gasteiger partial charge is 0.437 e. The van der Waals surface area contributed by atoms with E-state index in [4.69, 9.17) is 4.42 Å². The Bertz CT molecular complexity index is 977. The van der Waals surface area contributed by atoms with Crippen molar-refractivity contribution in [3.05, 3.63) is 64.9 Å². The Morgan fingerprint density at radius 3 is 2.80 bits per heavy atom. The van der Waals surface area contributed by atoms with Gasteiger partial charge in [0.15, 0.2) is 0 Å². The summed E-state index contributed by atoms with van der Waals surface area (Å²) in [4.78, 5) is 30.4. The molecule has 0 N–H and O–H groups in total. The fourth-order valence-corrected chi connectivity index (χ4v) is 3.17. The molecule has 0 spiro atoms. The number of amides is 1. The lowest BCUT2D eigenvalue weighted by Crippen LogP contribution is -2.39. The number of hydrogen-bond donors (Lipinski definition) is 0. The third-order valence-corrected chi connectivity index (χ3v) is 4.29. The molecule has 2 aromatic heterocycles. The van der Waals surface area contributed by atoms with Crippen molar-refractivity contribution < 1.29 is 9.21 Å². The summed E-state index contributed by atoms with van der Waals surface area (Å²) >= 11 is 0. The predicted octanol–water partition coefficient (Wildman–Crippen LogP) is 1.88. The molecule has 0 unspecified atom stereocenters. The van der Waals surface area contributed by atoms with Gasteiger partial charge in [0.2, 0.25) is 11.8 Å². The maximum absolute atomic E-state index is 12.8. The predicted molar refractivity (Wildman–Crippen MR) is 91.1 cm³/mol. The summed E-state index contributed by atoms with van der Waals surface area (Å²) in [7, 11) is 0. The molecule has 1 amide bonds. The first-order chi connectivity index (χ1) is 12.1. The molecule has 3 heterocycles. The van der Waals surface area contributed by atoms with Crippen molar-refractivity contribution in [1.82, 2.24) is 14.8 Å². The number of rotatable bonds is 3. The maximum atomic E-state index is 12.8. The zero-order valence-electron chi connectivity index (χ0n) is 13.6. The van der Waals surface area contributed by atoms with Crippen LogP contribution in [0.3, 0.4) is 0 Å². The Balaban J connectivity index is 1.60. The molecule has 1 aliphatic rings. The van der Waals surface area contributed by atoms with E-state index in [1.165, 1.54) is 0 Å². The summed E-state index contributed by atoms with van der Waals surface area (Å²) in [6.07, 6.45) is 3.97. The van der Waals surface area contributed by atoms with Gasteiger partial charge >= 0.3 is 5.76 Å². The average Bonchev–Trinajstić information content (AvgIpc) is 3.15. The number of anilines is 1. The number of benzene rings is 1. The van der Waals surface area contributed by atoms with Crippen LogP contribution in [0.4, 0.5) is 5.69 Å². The third-order valence-electron chi connectivity index (χ3n) is 4.29. The number of hydrogen-bond acceptors (Lipinski definition) is 5. The van der Waals surface area contributed by atoms with Crippen LogP contribution in [0.1, 0.15) is 12.5 Å². The van der Waals surface area contributed by atoms with Crippen molar-refractivity contribution in [3.8, 4) is 11.5 Å². The van der Waals surface area contributed by atoms with E-state index >= 15 is 0 Å². The highest BCUT2D eigenvalue weighted by Gasteiger charge is 2.31. The highest BCUT2D eigenvalue weighted by Crippen LogP contribution is 2.31. The molecule has 0 bridgehead atoms. The van der Waals surface area contributed by atoms with Crippen LogP contribution in [0.25, 0.3) is 11.5 Å². The number of carbonyl (C=O) groups excluding carboxylic acids is 1. The summed E-state index contributed by atoms with van der Waals surface area (Å²) in [6.45, 7) is 1.83. The first kappa shape index (κ1) is 15.3. The molecule has 3 aromatic rings. The van der Waals surface area contributed by atoms with Crippen molar-refractivity contribution in [2.75, 3.05) is 4.90 Å². The summed E-state index contributed by atoms with van der Waals surface area (Å²) in [5.74, 6) is -0.663. The molecule has 0 aliphatic carbocycles. The summed E-state index contributed by atoms with van der Waals surface area (Å²) in [5.41, 5.74) is 2.66. The van der Waals surface area contributed by atoms with Gasteiger partial charge in [-0.05, 0) is 37.1 Å². The van der Waals surface area contributed by atoms with Crippen LogP contribution >= 0.6 is 0 Å². The zero-order chi connectivity index (χ0) is 17.4. The van der Waals surface area contributed by atoms with Crippen molar-refractivity contribution in [1.29, 1.82) is 0 Å². The third kappa shape index (κ3) is 2.73. The molecule has 7 nitrogen and oxygen atoms in total. The van der Waals surface area contributed by atoms with Crippen LogP contribution in [0.2, 0.25) is 0 Å². The molecule has 25 heavy (non-hydrogen) atoms. The lowest BCUT2D eigenvalue weighted by molar-refractivity contribution is -0.119.